The molecule has 1 aromatic carbocycles. The van der Waals surface area contributed by atoms with Crippen LogP contribution in [0.5, 0.6) is 11.5 Å². The Morgan fingerprint density at radius 3 is 2.57 bits per heavy atom. The molecule has 1 aromatic rings. The van der Waals surface area contributed by atoms with Gasteiger partial charge in [-0.2, -0.15) is 0 Å². The van der Waals surface area contributed by atoms with Crippen molar-refractivity contribution < 1.29 is 15.1 Å². The Morgan fingerprint density at radius 2 is 2.07 bits per heavy atom. The molecule has 0 amide bonds. The zero-order chi connectivity index (χ0) is 10.7. The maximum absolute atomic E-state index is 10.6. The first-order valence-electron chi connectivity index (χ1n) is 3.96. The van der Waals surface area contributed by atoms with E-state index >= 15 is 0 Å². The minimum Gasteiger partial charge on any atom is -0.504 e. The molecule has 0 heterocycles. The highest BCUT2D eigenvalue weighted by Crippen LogP contribution is 2.37. The number of aromatic hydroxyl groups is 2. The highest BCUT2D eigenvalue weighted by molar-refractivity contribution is 5.59. The average molecular weight is 198 g/mol. The van der Waals surface area contributed by atoms with E-state index in [1.165, 1.54) is 12.1 Å². The average Bonchev–Trinajstić information content (AvgIpc) is 2.11. The third-order valence-corrected chi connectivity index (χ3v) is 1.81. The van der Waals surface area contributed by atoms with Crippen LogP contribution in [0, 0.1) is 10.1 Å². The molecule has 6 nitrogen and oxygen atoms in total. The zero-order valence-corrected chi connectivity index (χ0v) is 7.30. The normalized spacial score (nSPS) is 10.1. The second-order valence-corrected chi connectivity index (χ2v) is 2.74. The molecular formula is C8H10N2O4. The molecule has 0 radical (unpaired) electrons. The molecule has 0 saturated carbocycles. The van der Waals surface area contributed by atoms with E-state index in [2.05, 4.69) is 0 Å². The summed E-state index contributed by atoms with van der Waals surface area (Å²) in [6.07, 6.45) is 0.282. The lowest BCUT2D eigenvalue weighted by Crippen LogP contribution is -2.05. The maximum atomic E-state index is 10.6. The molecule has 0 aromatic heterocycles. The Kier molecular flexibility index (Phi) is 2.88. The van der Waals surface area contributed by atoms with Gasteiger partial charge in [-0.1, -0.05) is 0 Å². The summed E-state index contributed by atoms with van der Waals surface area (Å²) in [5, 5.41) is 28.9. The monoisotopic (exact) mass is 198 g/mol. The lowest BCUT2D eigenvalue weighted by molar-refractivity contribution is -0.386. The quantitative estimate of drug-likeness (QED) is 0.372. The molecule has 14 heavy (non-hydrogen) atoms. The number of nitrogens with zero attached hydrogens (tertiary/aromatic N) is 1. The lowest BCUT2D eigenvalue weighted by atomic mass is 10.1. The van der Waals surface area contributed by atoms with Crippen molar-refractivity contribution in [1.82, 2.24) is 0 Å². The van der Waals surface area contributed by atoms with E-state index in [9.17, 15) is 15.2 Å². The van der Waals surface area contributed by atoms with Crippen LogP contribution in [-0.4, -0.2) is 21.7 Å². The molecule has 1 rings (SSSR count). The van der Waals surface area contributed by atoms with E-state index < -0.39 is 22.1 Å². The van der Waals surface area contributed by atoms with Crippen LogP contribution in [0.3, 0.4) is 0 Å². The Hall–Kier alpha value is -1.82. The fourth-order valence-electron chi connectivity index (χ4n) is 1.17. The predicted molar refractivity (Wildman–Crippen MR) is 49.2 cm³/mol. The Labute approximate surface area is 79.7 Å². The molecule has 0 bridgehead atoms. The van der Waals surface area contributed by atoms with Gasteiger partial charge in [-0.15, -0.1) is 0 Å². The van der Waals surface area contributed by atoms with Gasteiger partial charge in [0.15, 0.2) is 5.75 Å². The summed E-state index contributed by atoms with van der Waals surface area (Å²) in [5.41, 5.74) is 5.09. The zero-order valence-electron chi connectivity index (χ0n) is 7.30. The molecule has 76 valence electrons. The third kappa shape index (κ3) is 1.74. The topological polar surface area (TPSA) is 110 Å². The molecule has 4 N–H and O–H groups in total. The summed E-state index contributed by atoms with van der Waals surface area (Å²) in [4.78, 5) is 9.83. The van der Waals surface area contributed by atoms with Crippen LogP contribution in [0.1, 0.15) is 5.56 Å². The van der Waals surface area contributed by atoms with Crippen molar-refractivity contribution in [2.75, 3.05) is 6.54 Å². The van der Waals surface area contributed by atoms with Gasteiger partial charge in [0.25, 0.3) is 0 Å². The standard InChI is InChI=1S/C8H10N2O4/c9-4-3-5-1-2-6(11)8(12)7(5)10(13)14/h1-2,11-12H,3-4,9H2. The van der Waals surface area contributed by atoms with Crippen LogP contribution in [-0.2, 0) is 6.42 Å². The van der Waals surface area contributed by atoms with E-state index in [1.807, 2.05) is 0 Å². The molecule has 0 saturated heterocycles. The number of phenols is 2. The van der Waals surface area contributed by atoms with Crippen molar-refractivity contribution in [2.24, 2.45) is 5.73 Å². The summed E-state index contributed by atoms with van der Waals surface area (Å²) < 4.78 is 0. The lowest BCUT2D eigenvalue weighted by Gasteiger charge is -2.04. The van der Waals surface area contributed by atoms with Gasteiger partial charge < -0.3 is 15.9 Å². The van der Waals surface area contributed by atoms with Crippen molar-refractivity contribution in [1.29, 1.82) is 0 Å². The van der Waals surface area contributed by atoms with Gasteiger partial charge >= 0.3 is 5.69 Å². The fraction of sp³-hybridized carbons (Fsp3) is 0.250. The summed E-state index contributed by atoms with van der Waals surface area (Å²) in [5.74, 6) is -1.21. The molecule has 0 spiro atoms. The van der Waals surface area contributed by atoms with Gasteiger partial charge in [-0.25, -0.2) is 0 Å². The highest BCUT2D eigenvalue weighted by atomic mass is 16.6. The number of nitrogens with two attached hydrogens (primary N) is 1. The first kappa shape index (κ1) is 10.3. The van der Waals surface area contributed by atoms with E-state index in [-0.39, 0.29) is 13.0 Å². The second-order valence-electron chi connectivity index (χ2n) is 2.74. The van der Waals surface area contributed by atoms with E-state index in [0.717, 1.165) is 0 Å². The summed E-state index contributed by atoms with van der Waals surface area (Å²) in [6.45, 7) is 0.241. The number of nitro groups is 1. The van der Waals surface area contributed by atoms with Crippen molar-refractivity contribution >= 4 is 5.69 Å². The van der Waals surface area contributed by atoms with Gasteiger partial charge in [0, 0.05) is 5.56 Å². The molecule has 0 unspecified atom stereocenters. The van der Waals surface area contributed by atoms with Crippen LogP contribution in [0.15, 0.2) is 12.1 Å². The molecule has 0 aliphatic rings. The molecule has 6 heteroatoms. The molecule has 0 fully saturated rings. The van der Waals surface area contributed by atoms with Gasteiger partial charge in [-0.05, 0) is 25.1 Å². The van der Waals surface area contributed by atoms with Crippen LogP contribution in [0.4, 0.5) is 5.69 Å². The molecule has 0 aliphatic heterocycles. The molecule has 0 atom stereocenters. The van der Waals surface area contributed by atoms with E-state index in [0.29, 0.717) is 5.56 Å². The van der Waals surface area contributed by atoms with Gasteiger partial charge in [-0.3, -0.25) is 10.1 Å². The predicted octanol–water partition coefficient (Wildman–Crippen LogP) is 0.507. The van der Waals surface area contributed by atoms with Crippen molar-refractivity contribution in [3.8, 4) is 11.5 Å². The first-order chi connectivity index (χ1) is 6.57. The number of benzene rings is 1. The van der Waals surface area contributed by atoms with E-state index in [1.54, 1.807) is 0 Å². The Balaban J connectivity index is 3.30. The summed E-state index contributed by atoms with van der Waals surface area (Å²) in [6, 6.07) is 2.58. The van der Waals surface area contributed by atoms with Crippen LogP contribution < -0.4 is 5.73 Å². The third-order valence-electron chi connectivity index (χ3n) is 1.81. The van der Waals surface area contributed by atoms with Gasteiger partial charge in [0.2, 0.25) is 5.75 Å². The Bertz CT molecular complexity index is 365. The second kappa shape index (κ2) is 3.93. The smallest absolute Gasteiger partial charge is 0.317 e. The number of hydrogen-bond donors (Lipinski definition) is 3. The van der Waals surface area contributed by atoms with Crippen molar-refractivity contribution in [3.05, 3.63) is 27.8 Å². The first-order valence-corrected chi connectivity index (χ1v) is 3.96. The Morgan fingerprint density at radius 1 is 1.43 bits per heavy atom. The van der Waals surface area contributed by atoms with Crippen molar-refractivity contribution in [3.63, 3.8) is 0 Å². The van der Waals surface area contributed by atoms with Crippen LogP contribution >= 0.6 is 0 Å². The largest absolute Gasteiger partial charge is 0.504 e. The van der Waals surface area contributed by atoms with Crippen LogP contribution in [0.25, 0.3) is 0 Å². The van der Waals surface area contributed by atoms with Crippen LogP contribution in [0.2, 0.25) is 0 Å². The summed E-state index contributed by atoms with van der Waals surface area (Å²) in [7, 11) is 0. The number of rotatable bonds is 3. The van der Waals surface area contributed by atoms with Gasteiger partial charge in [0.05, 0.1) is 4.92 Å². The summed E-state index contributed by atoms with van der Waals surface area (Å²) >= 11 is 0. The van der Waals surface area contributed by atoms with Gasteiger partial charge in [0.1, 0.15) is 0 Å². The number of hydrogen-bond acceptors (Lipinski definition) is 5. The van der Waals surface area contributed by atoms with Crippen molar-refractivity contribution in [2.45, 2.75) is 6.42 Å². The number of phenolic OH excluding ortho intramolecular Hbond substituents is 2. The van der Waals surface area contributed by atoms with E-state index in [4.69, 9.17) is 10.8 Å². The molecule has 0 aliphatic carbocycles. The SMILES string of the molecule is NCCc1ccc(O)c(O)c1[N+](=O)[O-]. The fourth-order valence-corrected chi connectivity index (χ4v) is 1.17. The maximum Gasteiger partial charge on any atom is 0.317 e. The number of nitro benzene ring substituents is 1. The minimum absolute atomic E-state index is 0.241. The minimum atomic E-state index is -0.736. The molecular weight excluding hydrogens is 188 g/mol. The highest BCUT2D eigenvalue weighted by Gasteiger charge is 2.21.